The number of ketones is 1. The fraction of sp³-hybridized carbons (Fsp3) is 0.231. The molecule has 1 atom stereocenters. The van der Waals surface area contributed by atoms with E-state index in [1.54, 1.807) is 42.6 Å². The molecule has 0 fully saturated rings. The van der Waals surface area contributed by atoms with Crippen molar-refractivity contribution in [2.75, 3.05) is 0 Å². The Morgan fingerprint density at radius 1 is 0.917 bits per heavy atom. The second kappa shape index (κ2) is 9.21. The van der Waals surface area contributed by atoms with Gasteiger partial charge in [-0.25, -0.2) is 4.68 Å². The molecule has 0 aliphatic heterocycles. The molecule has 0 spiro atoms. The molecule has 0 amide bonds. The Balaban J connectivity index is 1.58. The van der Waals surface area contributed by atoms with Crippen LogP contribution < -0.4 is 5.56 Å². The van der Waals surface area contributed by atoms with Gasteiger partial charge in [0.15, 0.2) is 5.78 Å². The smallest absolute Gasteiger partial charge is 0.303 e. The summed E-state index contributed by atoms with van der Waals surface area (Å²) in [7, 11) is 0. The summed E-state index contributed by atoms with van der Waals surface area (Å²) in [6.07, 6.45) is 0.780. The number of aromatic nitrogens is 4. The SMILES string of the molecule is CC(=O)OCc1cn(CC(Cn2c3c(c4ccccc4c2=O)C(=O)c2ccccc2-3)OC(C)=O)nn1. The highest BCUT2D eigenvalue weighted by molar-refractivity contribution is 6.26. The number of ether oxygens (including phenoxy) is 2. The molecular weight excluding hydrogens is 464 g/mol. The average molecular weight is 486 g/mol. The summed E-state index contributed by atoms with van der Waals surface area (Å²) in [5.41, 5.74) is 2.27. The topological polar surface area (TPSA) is 122 Å². The van der Waals surface area contributed by atoms with Gasteiger partial charge < -0.3 is 14.0 Å². The van der Waals surface area contributed by atoms with Crippen molar-refractivity contribution in [3.63, 3.8) is 0 Å². The zero-order chi connectivity index (χ0) is 25.4. The highest BCUT2D eigenvalue weighted by Gasteiger charge is 2.33. The van der Waals surface area contributed by atoms with Crippen molar-refractivity contribution in [2.24, 2.45) is 0 Å². The maximum absolute atomic E-state index is 13.7. The second-order valence-electron chi connectivity index (χ2n) is 8.50. The molecule has 1 unspecified atom stereocenters. The van der Waals surface area contributed by atoms with Gasteiger partial charge in [-0.3, -0.25) is 19.2 Å². The first-order chi connectivity index (χ1) is 17.3. The summed E-state index contributed by atoms with van der Waals surface area (Å²) in [5.74, 6) is -1.12. The van der Waals surface area contributed by atoms with E-state index in [1.165, 1.54) is 23.1 Å². The Morgan fingerprint density at radius 3 is 2.33 bits per heavy atom. The third kappa shape index (κ3) is 4.17. The van der Waals surface area contributed by atoms with Crippen LogP contribution in [0, 0.1) is 0 Å². The molecule has 2 aromatic carbocycles. The molecule has 0 saturated carbocycles. The predicted molar refractivity (Wildman–Crippen MR) is 128 cm³/mol. The van der Waals surface area contributed by atoms with E-state index in [-0.39, 0.29) is 31.0 Å². The summed E-state index contributed by atoms with van der Waals surface area (Å²) in [6, 6.07) is 14.1. The molecule has 2 heterocycles. The van der Waals surface area contributed by atoms with E-state index < -0.39 is 18.0 Å². The van der Waals surface area contributed by atoms with Gasteiger partial charge in [0.05, 0.1) is 30.5 Å². The molecule has 0 saturated heterocycles. The van der Waals surface area contributed by atoms with E-state index in [1.807, 2.05) is 12.1 Å². The van der Waals surface area contributed by atoms with E-state index in [4.69, 9.17) is 9.47 Å². The fourth-order valence-corrected chi connectivity index (χ4v) is 4.55. The summed E-state index contributed by atoms with van der Waals surface area (Å²) in [5, 5.41) is 8.98. The van der Waals surface area contributed by atoms with Crippen molar-refractivity contribution in [1.29, 1.82) is 0 Å². The summed E-state index contributed by atoms with van der Waals surface area (Å²) >= 11 is 0. The first-order valence-electron chi connectivity index (χ1n) is 11.3. The number of nitrogens with zero attached hydrogens (tertiary/aromatic N) is 4. The number of carbonyl (C=O) groups is 3. The lowest BCUT2D eigenvalue weighted by molar-refractivity contribution is -0.148. The fourth-order valence-electron chi connectivity index (χ4n) is 4.55. The molecule has 182 valence electrons. The Hall–Kier alpha value is -4.60. The van der Waals surface area contributed by atoms with Gasteiger partial charge in [0.25, 0.3) is 5.56 Å². The van der Waals surface area contributed by atoms with Crippen LogP contribution in [-0.4, -0.2) is 43.4 Å². The summed E-state index contributed by atoms with van der Waals surface area (Å²) in [4.78, 5) is 50.0. The molecule has 0 N–H and O–H groups in total. The van der Waals surface area contributed by atoms with Crippen LogP contribution in [-0.2, 0) is 38.8 Å². The number of fused-ring (bicyclic) bond motifs is 5. The lowest BCUT2D eigenvalue weighted by atomic mass is 10.0. The van der Waals surface area contributed by atoms with Gasteiger partial charge in [-0.15, -0.1) is 5.10 Å². The summed E-state index contributed by atoms with van der Waals surface area (Å²) < 4.78 is 13.5. The standard InChI is InChI=1S/C26H22N4O6/c1-15(31)35-14-17-11-29(28-27-17)12-18(36-16(2)32)13-30-24-20-8-4-5-9-21(20)25(33)23(24)19-7-3-6-10-22(19)26(30)34/h3-11,18H,12-14H2,1-2H3. The second-order valence-corrected chi connectivity index (χ2v) is 8.50. The van der Waals surface area contributed by atoms with E-state index >= 15 is 0 Å². The molecule has 2 aromatic heterocycles. The zero-order valence-corrected chi connectivity index (χ0v) is 19.6. The van der Waals surface area contributed by atoms with Crippen LogP contribution in [0.4, 0.5) is 0 Å². The minimum atomic E-state index is -0.795. The number of esters is 2. The zero-order valence-electron chi connectivity index (χ0n) is 19.6. The molecule has 36 heavy (non-hydrogen) atoms. The van der Waals surface area contributed by atoms with Crippen LogP contribution in [0.2, 0.25) is 0 Å². The van der Waals surface area contributed by atoms with Crippen molar-refractivity contribution >= 4 is 28.5 Å². The van der Waals surface area contributed by atoms with Crippen molar-refractivity contribution in [3.05, 3.63) is 81.9 Å². The quantitative estimate of drug-likeness (QED) is 0.322. The maximum atomic E-state index is 13.7. The van der Waals surface area contributed by atoms with Crippen LogP contribution in [0.5, 0.6) is 0 Å². The van der Waals surface area contributed by atoms with Crippen LogP contribution in [0.1, 0.15) is 35.5 Å². The number of hydrogen-bond donors (Lipinski definition) is 0. The minimum absolute atomic E-state index is 0.00760. The first-order valence-corrected chi connectivity index (χ1v) is 11.3. The lowest BCUT2D eigenvalue weighted by Gasteiger charge is -2.21. The molecule has 0 bridgehead atoms. The largest absolute Gasteiger partial charge is 0.459 e. The number of hydrogen-bond acceptors (Lipinski definition) is 8. The van der Waals surface area contributed by atoms with Gasteiger partial charge in [0.1, 0.15) is 18.4 Å². The lowest BCUT2D eigenvalue weighted by Crippen LogP contribution is -2.34. The van der Waals surface area contributed by atoms with E-state index in [0.29, 0.717) is 38.9 Å². The molecule has 10 heteroatoms. The molecule has 5 rings (SSSR count). The van der Waals surface area contributed by atoms with Crippen LogP contribution in [0.25, 0.3) is 22.0 Å². The molecule has 4 aromatic rings. The van der Waals surface area contributed by atoms with E-state index in [2.05, 4.69) is 10.3 Å². The van der Waals surface area contributed by atoms with Crippen LogP contribution >= 0.6 is 0 Å². The monoisotopic (exact) mass is 486 g/mol. The van der Waals surface area contributed by atoms with E-state index in [9.17, 15) is 19.2 Å². The number of rotatable bonds is 7. The van der Waals surface area contributed by atoms with Gasteiger partial charge in [-0.2, -0.15) is 0 Å². The van der Waals surface area contributed by atoms with Crippen LogP contribution in [0.3, 0.4) is 0 Å². The molecular formula is C26H22N4O6. The average Bonchev–Trinajstić information content (AvgIpc) is 3.42. The van der Waals surface area contributed by atoms with Crippen molar-refractivity contribution in [2.45, 2.75) is 39.6 Å². The number of benzene rings is 2. The third-order valence-corrected chi connectivity index (χ3v) is 5.95. The molecule has 1 aliphatic carbocycles. The predicted octanol–water partition coefficient (Wildman–Crippen LogP) is 2.50. The Morgan fingerprint density at radius 2 is 1.61 bits per heavy atom. The van der Waals surface area contributed by atoms with Crippen molar-refractivity contribution in [3.8, 4) is 11.3 Å². The van der Waals surface area contributed by atoms with Gasteiger partial charge in [-0.1, -0.05) is 47.7 Å². The Bertz CT molecular complexity index is 1590. The maximum Gasteiger partial charge on any atom is 0.303 e. The highest BCUT2D eigenvalue weighted by Crippen LogP contribution is 2.39. The molecule has 0 radical (unpaired) electrons. The van der Waals surface area contributed by atoms with Crippen molar-refractivity contribution < 1.29 is 23.9 Å². The van der Waals surface area contributed by atoms with E-state index in [0.717, 1.165) is 0 Å². The Kier molecular flexibility index (Phi) is 5.93. The normalized spacial score (nSPS) is 12.8. The third-order valence-electron chi connectivity index (χ3n) is 5.95. The molecule has 1 aliphatic rings. The van der Waals surface area contributed by atoms with Crippen molar-refractivity contribution in [1.82, 2.24) is 19.6 Å². The van der Waals surface area contributed by atoms with Gasteiger partial charge in [-0.05, 0) is 6.07 Å². The minimum Gasteiger partial charge on any atom is -0.459 e. The van der Waals surface area contributed by atoms with Crippen LogP contribution in [0.15, 0.2) is 59.5 Å². The Labute approximate surface area is 205 Å². The van der Waals surface area contributed by atoms with Gasteiger partial charge in [0, 0.05) is 35.7 Å². The van der Waals surface area contributed by atoms with Gasteiger partial charge in [0.2, 0.25) is 0 Å². The molecule has 10 nitrogen and oxygen atoms in total. The first kappa shape index (κ1) is 23.2. The highest BCUT2D eigenvalue weighted by atomic mass is 16.5. The number of pyridine rings is 1. The summed E-state index contributed by atoms with van der Waals surface area (Å²) in [6.45, 7) is 2.63. The van der Waals surface area contributed by atoms with Gasteiger partial charge >= 0.3 is 11.9 Å². The number of carbonyl (C=O) groups excluding carboxylic acids is 3.